The molecule has 0 aliphatic carbocycles. The van der Waals surface area contributed by atoms with Crippen LogP contribution in [0.15, 0.2) is 60.9 Å². The van der Waals surface area contributed by atoms with Crippen LogP contribution in [0.4, 0.5) is 5.69 Å². The molecule has 0 aliphatic heterocycles. The maximum atomic E-state index is 12.2. The van der Waals surface area contributed by atoms with Gasteiger partial charge < -0.3 is 5.32 Å². The third-order valence-corrected chi connectivity index (χ3v) is 3.68. The fourth-order valence-corrected chi connectivity index (χ4v) is 2.32. The molecule has 0 unspecified atom stereocenters. The van der Waals surface area contributed by atoms with Gasteiger partial charge >= 0.3 is 0 Å². The highest BCUT2D eigenvalue weighted by molar-refractivity contribution is 6.30. The van der Waals surface area contributed by atoms with Crippen LogP contribution in [0.1, 0.15) is 21.5 Å². The van der Waals surface area contributed by atoms with Gasteiger partial charge in [-0.05, 0) is 42.0 Å². The highest BCUT2D eigenvalue weighted by atomic mass is 35.5. The van der Waals surface area contributed by atoms with Crippen LogP contribution < -0.4 is 5.32 Å². The lowest BCUT2D eigenvalue weighted by Crippen LogP contribution is -2.11. The molecule has 1 heterocycles. The molecule has 118 valence electrons. The molecule has 0 saturated carbocycles. The molecule has 3 rings (SSSR count). The van der Waals surface area contributed by atoms with Crippen LogP contribution in [0.25, 0.3) is 0 Å². The van der Waals surface area contributed by atoms with E-state index in [-0.39, 0.29) is 5.91 Å². The lowest BCUT2D eigenvalue weighted by Gasteiger charge is -2.03. The molecule has 0 fully saturated rings. The predicted molar refractivity (Wildman–Crippen MR) is 91.9 cm³/mol. The van der Waals surface area contributed by atoms with Crippen molar-refractivity contribution in [2.24, 2.45) is 0 Å². The van der Waals surface area contributed by atoms with Crippen LogP contribution in [0.2, 0.25) is 5.02 Å². The van der Waals surface area contributed by atoms with Gasteiger partial charge in [0.2, 0.25) is 0 Å². The minimum Gasteiger partial charge on any atom is -0.319 e. The Labute approximate surface area is 144 Å². The first-order chi connectivity index (χ1) is 11.6. The quantitative estimate of drug-likeness (QED) is 0.789. The first kappa shape index (κ1) is 15.8. The Hall–Kier alpha value is -3.10. The zero-order valence-electron chi connectivity index (χ0n) is 12.6. The maximum absolute atomic E-state index is 12.2. The average molecular weight is 337 g/mol. The Bertz CT molecular complexity index is 892. The van der Waals surface area contributed by atoms with Crippen molar-refractivity contribution in [1.29, 1.82) is 5.26 Å². The van der Waals surface area contributed by atoms with Gasteiger partial charge in [-0.25, -0.2) is 0 Å². The second-order valence-electron chi connectivity index (χ2n) is 5.20. The molecule has 5 nitrogen and oxygen atoms in total. The predicted octanol–water partition coefficient (Wildman–Crippen LogP) is 3.71. The highest BCUT2D eigenvalue weighted by Gasteiger charge is 2.08. The van der Waals surface area contributed by atoms with Crippen LogP contribution in [0.5, 0.6) is 0 Å². The summed E-state index contributed by atoms with van der Waals surface area (Å²) in [7, 11) is 0. The van der Waals surface area contributed by atoms with Crippen LogP contribution in [0.3, 0.4) is 0 Å². The van der Waals surface area contributed by atoms with Gasteiger partial charge in [-0.3, -0.25) is 9.48 Å². The summed E-state index contributed by atoms with van der Waals surface area (Å²) in [5, 5.41) is 16.5. The molecule has 0 aliphatic rings. The van der Waals surface area contributed by atoms with E-state index in [9.17, 15) is 4.79 Å². The van der Waals surface area contributed by atoms with Gasteiger partial charge in [-0.1, -0.05) is 23.7 Å². The molecule has 2 aromatic carbocycles. The van der Waals surface area contributed by atoms with Crippen LogP contribution in [-0.2, 0) is 6.54 Å². The summed E-state index contributed by atoms with van der Waals surface area (Å²) in [6.45, 7) is 0.587. The summed E-state index contributed by atoms with van der Waals surface area (Å²) in [5.74, 6) is -0.245. The van der Waals surface area contributed by atoms with Crippen molar-refractivity contribution >= 4 is 23.2 Å². The molecule has 0 atom stereocenters. The molecule has 0 radical (unpaired) electrons. The van der Waals surface area contributed by atoms with Crippen molar-refractivity contribution in [3.63, 3.8) is 0 Å². The third kappa shape index (κ3) is 3.80. The van der Waals surface area contributed by atoms with E-state index in [2.05, 4.69) is 10.4 Å². The summed E-state index contributed by atoms with van der Waals surface area (Å²) >= 11 is 5.87. The van der Waals surface area contributed by atoms with E-state index in [1.165, 1.54) is 0 Å². The van der Waals surface area contributed by atoms with Crippen LogP contribution in [0, 0.1) is 11.3 Å². The number of benzene rings is 2. The molecule has 1 amide bonds. The topological polar surface area (TPSA) is 70.7 Å². The smallest absolute Gasteiger partial charge is 0.255 e. The van der Waals surface area contributed by atoms with Gasteiger partial charge in [-0.2, -0.15) is 10.4 Å². The van der Waals surface area contributed by atoms with E-state index in [0.717, 1.165) is 5.56 Å². The zero-order chi connectivity index (χ0) is 16.9. The van der Waals surface area contributed by atoms with Gasteiger partial charge in [0.25, 0.3) is 5.91 Å². The molecule has 1 aromatic heterocycles. The van der Waals surface area contributed by atoms with Crippen molar-refractivity contribution in [2.75, 3.05) is 5.32 Å². The first-order valence-electron chi connectivity index (χ1n) is 7.22. The number of halogens is 1. The Kier molecular flexibility index (Phi) is 4.59. The third-order valence-electron chi connectivity index (χ3n) is 3.43. The average Bonchev–Trinajstić information content (AvgIpc) is 3.04. The summed E-state index contributed by atoms with van der Waals surface area (Å²) in [5.41, 5.74) is 2.67. The fourth-order valence-electron chi connectivity index (χ4n) is 2.19. The summed E-state index contributed by atoms with van der Waals surface area (Å²) in [4.78, 5) is 12.2. The number of nitrogens with zero attached hydrogens (tertiary/aromatic N) is 3. The summed E-state index contributed by atoms with van der Waals surface area (Å²) in [6.07, 6.45) is 3.35. The number of rotatable bonds is 4. The molecular weight excluding hydrogens is 324 g/mol. The zero-order valence-corrected chi connectivity index (χ0v) is 13.4. The first-order valence-corrected chi connectivity index (χ1v) is 7.60. The number of aromatic nitrogens is 2. The van der Waals surface area contributed by atoms with Gasteiger partial charge in [0.15, 0.2) is 0 Å². The minimum atomic E-state index is -0.245. The van der Waals surface area contributed by atoms with E-state index in [1.807, 2.05) is 30.3 Å². The number of hydrogen-bond acceptors (Lipinski definition) is 3. The molecule has 0 bridgehead atoms. The van der Waals surface area contributed by atoms with Crippen molar-refractivity contribution in [3.05, 3.63) is 82.6 Å². The molecular formula is C18H13ClN4O. The minimum absolute atomic E-state index is 0.245. The van der Waals surface area contributed by atoms with E-state index in [0.29, 0.717) is 28.4 Å². The van der Waals surface area contributed by atoms with E-state index in [1.54, 1.807) is 41.3 Å². The van der Waals surface area contributed by atoms with Crippen molar-refractivity contribution in [3.8, 4) is 6.07 Å². The Morgan fingerprint density at radius 3 is 2.54 bits per heavy atom. The van der Waals surface area contributed by atoms with Gasteiger partial charge in [0.1, 0.15) is 0 Å². The van der Waals surface area contributed by atoms with Gasteiger partial charge in [-0.15, -0.1) is 0 Å². The normalized spacial score (nSPS) is 10.2. The largest absolute Gasteiger partial charge is 0.319 e. The van der Waals surface area contributed by atoms with E-state index in [4.69, 9.17) is 16.9 Å². The number of carbonyl (C=O) groups is 1. The maximum Gasteiger partial charge on any atom is 0.255 e. The Morgan fingerprint density at radius 1 is 1.17 bits per heavy atom. The van der Waals surface area contributed by atoms with Crippen molar-refractivity contribution < 1.29 is 4.79 Å². The number of nitriles is 1. The van der Waals surface area contributed by atoms with Gasteiger partial charge in [0, 0.05) is 16.8 Å². The molecule has 0 saturated heterocycles. The number of nitrogens with one attached hydrogen (secondary N) is 1. The van der Waals surface area contributed by atoms with Gasteiger partial charge in [0.05, 0.1) is 30.1 Å². The number of hydrogen-bond donors (Lipinski definition) is 1. The molecule has 24 heavy (non-hydrogen) atoms. The fraction of sp³-hybridized carbons (Fsp3) is 0.0556. The highest BCUT2D eigenvalue weighted by Crippen LogP contribution is 2.13. The SMILES string of the molecule is N#Cc1ccc(C(=O)Nc2cnn(Cc3ccc(Cl)cc3)c2)cc1. The van der Waals surface area contributed by atoms with Crippen molar-refractivity contribution in [1.82, 2.24) is 9.78 Å². The molecule has 3 aromatic rings. The Balaban J connectivity index is 1.65. The molecule has 0 spiro atoms. The monoisotopic (exact) mass is 336 g/mol. The number of amides is 1. The number of carbonyl (C=O) groups excluding carboxylic acids is 1. The lowest BCUT2D eigenvalue weighted by molar-refractivity contribution is 0.102. The van der Waals surface area contributed by atoms with E-state index >= 15 is 0 Å². The summed E-state index contributed by atoms with van der Waals surface area (Å²) < 4.78 is 1.73. The standard InChI is InChI=1S/C18H13ClN4O/c19-16-7-3-14(4-8-16)11-23-12-17(10-21-23)22-18(24)15-5-1-13(9-20)2-6-15/h1-8,10,12H,11H2,(H,22,24). The Morgan fingerprint density at radius 2 is 1.88 bits per heavy atom. The van der Waals surface area contributed by atoms with E-state index < -0.39 is 0 Å². The lowest BCUT2D eigenvalue weighted by atomic mass is 10.1. The second kappa shape index (κ2) is 6.99. The second-order valence-corrected chi connectivity index (χ2v) is 5.63. The van der Waals surface area contributed by atoms with Crippen molar-refractivity contribution in [2.45, 2.75) is 6.54 Å². The van der Waals surface area contributed by atoms with Crippen LogP contribution in [-0.4, -0.2) is 15.7 Å². The van der Waals surface area contributed by atoms with Crippen LogP contribution >= 0.6 is 11.6 Å². The molecule has 6 heteroatoms. The summed E-state index contributed by atoms with van der Waals surface area (Å²) in [6, 6.07) is 16.0. The number of anilines is 1. The molecule has 1 N–H and O–H groups in total.